The van der Waals surface area contributed by atoms with Gasteiger partial charge in [0, 0.05) is 35.4 Å². The van der Waals surface area contributed by atoms with Crippen LogP contribution in [0.2, 0.25) is 5.02 Å². The zero-order chi connectivity index (χ0) is 17.3. The highest BCUT2D eigenvalue weighted by Gasteiger charge is 2.19. The number of nitro groups is 1. The molecule has 0 atom stereocenters. The number of benzene rings is 2. The van der Waals surface area contributed by atoms with E-state index in [4.69, 9.17) is 16.3 Å². The van der Waals surface area contributed by atoms with Gasteiger partial charge in [0.15, 0.2) is 0 Å². The summed E-state index contributed by atoms with van der Waals surface area (Å²) in [5.41, 5.74) is 4.09. The summed E-state index contributed by atoms with van der Waals surface area (Å²) in [5.74, 6) is 0.546. The minimum Gasteiger partial charge on any atom is -0.495 e. The van der Waals surface area contributed by atoms with Crippen LogP contribution in [0.1, 0.15) is 23.6 Å². The Morgan fingerprint density at radius 1 is 1.21 bits per heavy atom. The van der Waals surface area contributed by atoms with Gasteiger partial charge in [0.05, 0.1) is 17.1 Å². The number of ether oxygens (including phenoxy) is 1. The maximum Gasteiger partial charge on any atom is 0.269 e. The fraction of sp³-hybridized carbons (Fsp3) is 0.176. The maximum absolute atomic E-state index is 10.8. The molecular weight excluding hydrogens is 330 g/mol. The summed E-state index contributed by atoms with van der Waals surface area (Å²) in [6.45, 7) is 1.89. The maximum atomic E-state index is 10.8. The molecule has 0 N–H and O–H groups in total. The molecule has 0 saturated heterocycles. The van der Waals surface area contributed by atoms with Crippen LogP contribution in [-0.2, 0) is 6.42 Å². The van der Waals surface area contributed by atoms with Crippen LogP contribution < -0.4 is 4.74 Å². The molecule has 2 aromatic carbocycles. The van der Waals surface area contributed by atoms with Crippen molar-refractivity contribution < 1.29 is 9.66 Å². The van der Waals surface area contributed by atoms with Crippen molar-refractivity contribution in [2.45, 2.75) is 13.3 Å². The average molecular weight is 344 g/mol. The third-order valence-electron chi connectivity index (χ3n) is 3.75. The Bertz CT molecular complexity index is 873. The van der Waals surface area contributed by atoms with Crippen molar-refractivity contribution in [1.29, 1.82) is 0 Å². The molecule has 3 rings (SSSR count). The molecule has 0 fully saturated rings. The number of rotatable bonds is 3. The highest BCUT2D eigenvalue weighted by atomic mass is 35.5. The fourth-order valence-electron chi connectivity index (χ4n) is 2.57. The number of non-ortho nitro benzene ring substituents is 1. The van der Waals surface area contributed by atoms with Crippen molar-refractivity contribution >= 4 is 28.7 Å². The van der Waals surface area contributed by atoms with Crippen molar-refractivity contribution in [3.63, 3.8) is 0 Å². The number of halogens is 1. The van der Waals surface area contributed by atoms with Gasteiger partial charge in [-0.2, -0.15) is 5.10 Å². The lowest BCUT2D eigenvalue weighted by Gasteiger charge is -2.13. The molecule has 0 bridgehead atoms. The third-order valence-corrected chi connectivity index (χ3v) is 4.05. The van der Waals surface area contributed by atoms with Gasteiger partial charge < -0.3 is 4.74 Å². The van der Waals surface area contributed by atoms with Gasteiger partial charge in [0.25, 0.3) is 5.69 Å². The molecule has 24 heavy (non-hydrogen) atoms. The summed E-state index contributed by atoms with van der Waals surface area (Å²) in [4.78, 5) is 10.4. The van der Waals surface area contributed by atoms with Crippen LogP contribution in [0, 0.1) is 10.1 Å². The Kier molecular flexibility index (Phi) is 4.31. The van der Waals surface area contributed by atoms with E-state index < -0.39 is 4.92 Å². The van der Waals surface area contributed by atoms with E-state index in [0.717, 1.165) is 22.4 Å². The first-order valence-electron chi connectivity index (χ1n) is 7.22. The molecule has 0 amide bonds. The van der Waals surface area contributed by atoms with E-state index >= 15 is 0 Å². The Balaban J connectivity index is 2.15. The minimum atomic E-state index is -0.433. The highest BCUT2D eigenvalue weighted by molar-refractivity contribution is 6.32. The number of hydrogen-bond acceptors (Lipinski definition) is 5. The van der Waals surface area contributed by atoms with E-state index in [1.54, 1.807) is 19.2 Å². The molecule has 0 aliphatic carbocycles. The molecule has 2 aromatic rings. The summed E-state index contributed by atoms with van der Waals surface area (Å²) in [6, 6.07) is 9.90. The molecule has 6 nitrogen and oxygen atoms in total. The van der Waals surface area contributed by atoms with Gasteiger partial charge in [-0.3, -0.25) is 10.1 Å². The molecule has 0 saturated carbocycles. The monoisotopic (exact) mass is 343 g/mol. The lowest BCUT2D eigenvalue weighted by Crippen LogP contribution is -2.07. The van der Waals surface area contributed by atoms with Crippen molar-refractivity contribution in [1.82, 2.24) is 0 Å². The van der Waals surface area contributed by atoms with Crippen LogP contribution in [0.5, 0.6) is 5.75 Å². The molecule has 122 valence electrons. The number of hydrogen-bond donors (Lipinski definition) is 0. The van der Waals surface area contributed by atoms with E-state index in [0.29, 0.717) is 22.9 Å². The quantitative estimate of drug-likeness (QED) is 0.623. The summed E-state index contributed by atoms with van der Waals surface area (Å²) < 4.78 is 5.30. The zero-order valence-corrected chi connectivity index (χ0v) is 13.9. The standard InChI is InChI=1S/C17H14ClN3O3/c1-10-7-12-8-15(18)16(24-2)9-14(12)17(20-19-10)11-3-5-13(6-4-11)21(22)23/h3-6,8-9H,7H2,1-2H3. The van der Waals surface area contributed by atoms with Gasteiger partial charge in [0.1, 0.15) is 11.5 Å². The Labute approximate surface area is 143 Å². The number of nitrogens with zero attached hydrogens (tertiary/aromatic N) is 3. The summed E-state index contributed by atoms with van der Waals surface area (Å²) in [5, 5.41) is 19.9. The lowest BCUT2D eigenvalue weighted by molar-refractivity contribution is -0.384. The first kappa shape index (κ1) is 16.1. The van der Waals surface area contributed by atoms with Crippen LogP contribution in [0.4, 0.5) is 5.69 Å². The first-order valence-corrected chi connectivity index (χ1v) is 7.60. The van der Waals surface area contributed by atoms with Gasteiger partial charge in [-0.15, -0.1) is 5.10 Å². The van der Waals surface area contributed by atoms with Crippen LogP contribution in [0.3, 0.4) is 0 Å². The molecule has 1 aliphatic heterocycles. The molecule has 0 spiro atoms. The van der Waals surface area contributed by atoms with Crippen molar-refractivity contribution in [3.05, 3.63) is 68.2 Å². The Morgan fingerprint density at radius 3 is 2.54 bits per heavy atom. The van der Waals surface area contributed by atoms with Gasteiger partial charge >= 0.3 is 0 Å². The number of methoxy groups -OCH3 is 1. The van der Waals surface area contributed by atoms with Crippen LogP contribution in [0.25, 0.3) is 0 Å². The smallest absolute Gasteiger partial charge is 0.269 e. The topological polar surface area (TPSA) is 77.1 Å². The minimum absolute atomic E-state index is 0.0292. The van der Waals surface area contributed by atoms with E-state index in [-0.39, 0.29) is 5.69 Å². The molecule has 0 aromatic heterocycles. The molecule has 0 radical (unpaired) electrons. The molecule has 1 aliphatic rings. The molecule has 7 heteroatoms. The van der Waals surface area contributed by atoms with Gasteiger partial charge in [-0.25, -0.2) is 0 Å². The highest BCUT2D eigenvalue weighted by Crippen LogP contribution is 2.31. The lowest BCUT2D eigenvalue weighted by atomic mass is 9.94. The predicted molar refractivity (Wildman–Crippen MR) is 93.6 cm³/mol. The summed E-state index contributed by atoms with van der Waals surface area (Å²) in [7, 11) is 1.55. The van der Waals surface area contributed by atoms with E-state index in [1.165, 1.54) is 12.1 Å². The van der Waals surface area contributed by atoms with Gasteiger partial charge in [0.2, 0.25) is 0 Å². The van der Waals surface area contributed by atoms with Crippen molar-refractivity contribution in [3.8, 4) is 5.75 Å². The molecular formula is C17H14ClN3O3. The van der Waals surface area contributed by atoms with Gasteiger partial charge in [-0.1, -0.05) is 11.6 Å². The molecule has 0 unspecified atom stereocenters. The van der Waals surface area contributed by atoms with Crippen LogP contribution >= 0.6 is 11.6 Å². The van der Waals surface area contributed by atoms with E-state index in [1.807, 2.05) is 19.1 Å². The van der Waals surface area contributed by atoms with Gasteiger partial charge in [-0.05, 0) is 36.8 Å². The van der Waals surface area contributed by atoms with E-state index in [2.05, 4.69) is 10.2 Å². The van der Waals surface area contributed by atoms with E-state index in [9.17, 15) is 10.1 Å². The number of fused-ring (bicyclic) bond motifs is 1. The normalized spacial score (nSPS) is 13.5. The SMILES string of the molecule is COc1cc2c(cc1Cl)CC(C)=NN=C2c1ccc([N+](=O)[O-])cc1. The third kappa shape index (κ3) is 3.00. The molecule has 1 heterocycles. The second-order valence-corrected chi connectivity index (χ2v) is 5.82. The largest absolute Gasteiger partial charge is 0.495 e. The second-order valence-electron chi connectivity index (χ2n) is 5.41. The van der Waals surface area contributed by atoms with Crippen LogP contribution in [0.15, 0.2) is 46.6 Å². The zero-order valence-electron chi connectivity index (χ0n) is 13.1. The Morgan fingerprint density at radius 2 is 1.92 bits per heavy atom. The second kappa shape index (κ2) is 6.41. The fourth-order valence-corrected chi connectivity index (χ4v) is 2.84. The van der Waals surface area contributed by atoms with Crippen molar-refractivity contribution in [2.24, 2.45) is 10.2 Å². The number of nitro benzene ring substituents is 1. The predicted octanol–water partition coefficient (Wildman–Crippen LogP) is 4.03. The van der Waals surface area contributed by atoms with Crippen molar-refractivity contribution in [2.75, 3.05) is 7.11 Å². The summed E-state index contributed by atoms with van der Waals surface area (Å²) in [6.07, 6.45) is 0.624. The average Bonchev–Trinajstić information content (AvgIpc) is 2.72. The first-order chi connectivity index (χ1) is 11.5. The van der Waals surface area contributed by atoms with Crippen LogP contribution in [-0.4, -0.2) is 23.5 Å². The Hall–Kier alpha value is -2.73. The summed E-state index contributed by atoms with van der Waals surface area (Å²) >= 11 is 6.23.